The van der Waals surface area contributed by atoms with Crippen molar-refractivity contribution in [1.82, 2.24) is 5.32 Å². The minimum absolute atomic E-state index is 0.887. The van der Waals surface area contributed by atoms with Crippen LogP contribution in [0.2, 0.25) is 0 Å². The molecule has 0 spiro atoms. The summed E-state index contributed by atoms with van der Waals surface area (Å²) in [6, 6.07) is 0. The molecule has 1 aliphatic carbocycles. The van der Waals surface area contributed by atoms with Crippen molar-refractivity contribution >= 4 is 0 Å². The summed E-state index contributed by atoms with van der Waals surface area (Å²) < 4.78 is 5.31. The van der Waals surface area contributed by atoms with Gasteiger partial charge in [-0.1, -0.05) is 0 Å². The maximum absolute atomic E-state index is 5.31. The molecular weight excluding hydrogens is 150 g/mol. The van der Waals surface area contributed by atoms with E-state index in [9.17, 15) is 0 Å². The second-order valence-corrected chi connectivity index (χ2v) is 4.16. The van der Waals surface area contributed by atoms with Crippen molar-refractivity contribution in [2.24, 2.45) is 11.8 Å². The van der Waals surface area contributed by atoms with Crippen LogP contribution in [-0.4, -0.2) is 26.3 Å². The summed E-state index contributed by atoms with van der Waals surface area (Å²) in [6.45, 7) is 4.45. The lowest BCUT2D eigenvalue weighted by molar-refractivity contribution is 0.0663. The lowest BCUT2D eigenvalue weighted by Gasteiger charge is -2.22. The third-order valence-corrected chi connectivity index (χ3v) is 2.90. The van der Waals surface area contributed by atoms with Crippen LogP contribution in [0.4, 0.5) is 0 Å². The Kier molecular flexibility index (Phi) is 3.01. The van der Waals surface area contributed by atoms with Gasteiger partial charge in [0, 0.05) is 13.2 Å². The Balaban J connectivity index is 1.52. The molecule has 70 valence electrons. The van der Waals surface area contributed by atoms with E-state index in [1.54, 1.807) is 0 Å². The molecular formula is C10H19NO. The van der Waals surface area contributed by atoms with Gasteiger partial charge in [-0.3, -0.25) is 0 Å². The Labute approximate surface area is 74.7 Å². The van der Waals surface area contributed by atoms with Gasteiger partial charge < -0.3 is 10.1 Å². The van der Waals surface area contributed by atoms with Crippen molar-refractivity contribution in [3.05, 3.63) is 0 Å². The second kappa shape index (κ2) is 4.24. The third kappa shape index (κ3) is 2.76. The molecule has 0 amide bonds. The average Bonchev–Trinajstić information content (AvgIpc) is 2.90. The highest BCUT2D eigenvalue weighted by Gasteiger charge is 2.21. The molecule has 1 aliphatic heterocycles. The van der Waals surface area contributed by atoms with E-state index < -0.39 is 0 Å². The van der Waals surface area contributed by atoms with Gasteiger partial charge in [0.25, 0.3) is 0 Å². The predicted octanol–water partition coefficient (Wildman–Crippen LogP) is 1.41. The van der Waals surface area contributed by atoms with Crippen LogP contribution in [0.5, 0.6) is 0 Å². The van der Waals surface area contributed by atoms with Crippen molar-refractivity contribution in [2.45, 2.75) is 25.7 Å². The van der Waals surface area contributed by atoms with Gasteiger partial charge in [-0.25, -0.2) is 0 Å². The highest BCUT2D eigenvalue weighted by Crippen LogP contribution is 2.27. The molecule has 0 unspecified atom stereocenters. The Hall–Kier alpha value is -0.0800. The molecule has 0 aromatic heterocycles. The Morgan fingerprint density at radius 3 is 2.08 bits per heavy atom. The molecule has 2 nitrogen and oxygen atoms in total. The summed E-state index contributed by atoms with van der Waals surface area (Å²) in [7, 11) is 0. The van der Waals surface area contributed by atoms with Crippen molar-refractivity contribution in [3.8, 4) is 0 Å². The summed E-state index contributed by atoms with van der Waals surface area (Å²) in [5.41, 5.74) is 0. The number of ether oxygens (including phenoxy) is 1. The van der Waals surface area contributed by atoms with Gasteiger partial charge >= 0.3 is 0 Å². The first-order valence-electron chi connectivity index (χ1n) is 5.23. The first kappa shape index (κ1) is 8.52. The summed E-state index contributed by atoms with van der Waals surface area (Å²) in [4.78, 5) is 0. The lowest BCUT2D eigenvalue weighted by atomic mass is 10.0. The zero-order valence-electron chi connectivity index (χ0n) is 7.72. The molecule has 1 saturated heterocycles. The molecule has 0 bridgehead atoms. The number of hydrogen-bond acceptors (Lipinski definition) is 2. The lowest BCUT2D eigenvalue weighted by Crippen LogP contribution is -2.28. The molecule has 0 aromatic carbocycles. The van der Waals surface area contributed by atoms with E-state index in [4.69, 9.17) is 4.74 Å². The number of rotatable bonds is 4. The minimum atomic E-state index is 0.887. The van der Waals surface area contributed by atoms with Crippen molar-refractivity contribution in [2.75, 3.05) is 26.3 Å². The Bertz CT molecular complexity index is 128. The molecule has 12 heavy (non-hydrogen) atoms. The fourth-order valence-electron chi connectivity index (χ4n) is 1.76. The van der Waals surface area contributed by atoms with Crippen LogP contribution in [0, 0.1) is 11.8 Å². The Morgan fingerprint density at radius 2 is 1.50 bits per heavy atom. The third-order valence-electron chi connectivity index (χ3n) is 2.90. The first-order chi connectivity index (χ1) is 5.95. The molecule has 0 aromatic rings. The van der Waals surface area contributed by atoms with Gasteiger partial charge in [0.2, 0.25) is 0 Å². The van der Waals surface area contributed by atoms with Crippen molar-refractivity contribution in [3.63, 3.8) is 0 Å². The second-order valence-electron chi connectivity index (χ2n) is 4.16. The van der Waals surface area contributed by atoms with Gasteiger partial charge in [-0.15, -0.1) is 0 Å². The van der Waals surface area contributed by atoms with Crippen LogP contribution in [0.15, 0.2) is 0 Å². The molecule has 1 N–H and O–H groups in total. The zero-order chi connectivity index (χ0) is 8.23. The van der Waals surface area contributed by atoms with Gasteiger partial charge in [-0.2, -0.15) is 0 Å². The molecule has 0 atom stereocenters. The highest BCUT2D eigenvalue weighted by molar-refractivity contribution is 4.76. The van der Waals surface area contributed by atoms with E-state index >= 15 is 0 Å². The van der Waals surface area contributed by atoms with Crippen LogP contribution in [0.1, 0.15) is 25.7 Å². The quantitative estimate of drug-likeness (QED) is 0.687. The van der Waals surface area contributed by atoms with Gasteiger partial charge in [0.15, 0.2) is 0 Å². The summed E-state index contributed by atoms with van der Waals surface area (Å²) >= 11 is 0. The summed E-state index contributed by atoms with van der Waals surface area (Å²) in [5.74, 6) is 1.90. The summed E-state index contributed by atoms with van der Waals surface area (Å²) in [6.07, 6.45) is 5.44. The molecule has 2 aliphatic rings. The molecule has 1 saturated carbocycles. The Morgan fingerprint density at radius 1 is 0.917 bits per heavy atom. The normalized spacial score (nSPS) is 26.0. The van der Waals surface area contributed by atoms with Crippen molar-refractivity contribution in [1.29, 1.82) is 0 Å². The van der Waals surface area contributed by atoms with Crippen molar-refractivity contribution < 1.29 is 4.74 Å². The van der Waals surface area contributed by atoms with Crippen LogP contribution < -0.4 is 5.32 Å². The maximum Gasteiger partial charge on any atom is 0.0469 e. The maximum atomic E-state index is 5.31. The minimum Gasteiger partial charge on any atom is -0.381 e. The van der Waals surface area contributed by atoms with Gasteiger partial charge in [0.05, 0.1) is 0 Å². The molecule has 2 heteroatoms. The topological polar surface area (TPSA) is 21.3 Å². The van der Waals surface area contributed by atoms with Crippen LogP contribution in [0.25, 0.3) is 0 Å². The number of nitrogens with one attached hydrogen (secondary N) is 1. The van der Waals surface area contributed by atoms with E-state index in [1.807, 2.05) is 0 Å². The standard InChI is InChI=1S/C10H19NO/c1-2-9(1)7-11-8-10-3-5-12-6-4-10/h9-11H,1-8H2. The highest BCUT2D eigenvalue weighted by atomic mass is 16.5. The SMILES string of the molecule is C1CC(CNCC2CC2)CCO1. The van der Waals surface area contributed by atoms with Crippen LogP contribution in [0.3, 0.4) is 0 Å². The smallest absolute Gasteiger partial charge is 0.0469 e. The van der Waals surface area contributed by atoms with E-state index in [2.05, 4.69) is 5.32 Å². The fourth-order valence-corrected chi connectivity index (χ4v) is 1.76. The molecule has 1 heterocycles. The van der Waals surface area contributed by atoms with E-state index in [0.29, 0.717) is 0 Å². The van der Waals surface area contributed by atoms with E-state index in [-0.39, 0.29) is 0 Å². The molecule has 2 fully saturated rings. The average molecular weight is 169 g/mol. The zero-order valence-corrected chi connectivity index (χ0v) is 7.72. The number of hydrogen-bond donors (Lipinski definition) is 1. The fraction of sp³-hybridized carbons (Fsp3) is 1.00. The molecule has 0 radical (unpaired) electrons. The van der Waals surface area contributed by atoms with Crippen LogP contribution in [-0.2, 0) is 4.74 Å². The van der Waals surface area contributed by atoms with Crippen LogP contribution >= 0.6 is 0 Å². The predicted molar refractivity (Wildman–Crippen MR) is 49.1 cm³/mol. The largest absolute Gasteiger partial charge is 0.381 e. The van der Waals surface area contributed by atoms with Gasteiger partial charge in [0.1, 0.15) is 0 Å². The molecule has 2 rings (SSSR count). The van der Waals surface area contributed by atoms with Gasteiger partial charge in [-0.05, 0) is 50.6 Å². The monoisotopic (exact) mass is 169 g/mol. The van der Waals surface area contributed by atoms with E-state index in [1.165, 1.54) is 38.8 Å². The first-order valence-corrected chi connectivity index (χ1v) is 5.23. The summed E-state index contributed by atoms with van der Waals surface area (Å²) in [5, 5.41) is 3.56. The van der Waals surface area contributed by atoms with E-state index in [0.717, 1.165) is 25.0 Å².